The van der Waals surface area contributed by atoms with Crippen molar-refractivity contribution >= 4 is 23.6 Å². The zero-order valence-corrected chi connectivity index (χ0v) is 17.7. The molecule has 9 heteroatoms. The van der Waals surface area contributed by atoms with Crippen molar-refractivity contribution in [1.29, 1.82) is 0 Å². The lowest BCUT2D eigenvalue weighted by Crippen LogP contribution is -2.54. The number of hydrogen-bond donors (Lipinski definition) is 2. The molecule has 1 saturated carbocycles. The zero-order chi connectivity index (χ0) is 22.3. The van der Waals surface area contributed by atoms with E-state index in [2.05, 4.69) is 24.1 Å². The van der Waals surface area contributed by atoms with Gasteiger partial charge in [0.25, 0.3) is 11.8 Å². The van der Waals surface area contributed by atoms with Crippen LogP contribution in [-0.2, 0) is 9.59 Å². The Balaban J connectivity index is 1.42. The molecular formula is C22H27N3O6. The van der Waals surface area contributed by atoms with Crippen LogP contribution >= 0.6 is 0 Å². The van der Waals surface area contributed by atoms with Gasteiger partial charge in [-0.15, -0.1) is 0 Å². The molecule has 1 aliphatic carbocycles. The molecule has 3 aliphatic rings. The van der Waals surface area contributed by atoms with Crippen molar-refractivity contribution in [2.45, 2.75) is 63.8 Å². The van der Waals surface area contributed by atoms with E-state index in [1.54, 1.807) is 18.2 Å². The summed E-state index contributed by atoms with van der Waals surface area (Å²) in [7, 11) is 0. The van der Waals surface area contributed by atoms with Gasteiger partial charge in [0, 0.05) is 37.9 Å². The number of aliphatic hydroxyl groups is 1. The first-order chi connectivity index (χ1) is 14.8. The van der Waals surface area contributed by atoms with Gasteiger partial charge in [0.2, 0.25) is 11.8 Å². The lowest BCUT2D eigenvalue weighted by molar-refractivity contribution is -0.136. The van der Waals surface area contributed by atoms with Crippen LogP contribution in [0, 0.1) is 0 Å². The summed E-state index contributed by atoms with van der Waals surface area (Å²) in [5.74, 6) is -1.59. The summed E-state index contributed by atoms with van der Waals surface area (Å²) in [5.41, 5.74) is 0.453. The second-order valence-corrected chi connectivity index (χ2v) is 8.57. The molecular weight excluding hydrogens is 402 g/mol. The Hall–Kier alpha value is -2.78. The molecule has 166 valence electrons. The summed E-state index contributed by atoms with van der Waals surface area (Å²) < 4.78 is 6.02. The molecule has 2 aliphatic heterocycles. The summed E-state index contributed by atoms with van der Waals surface area (Å²) in [5, 5.41) is 11.4. The number of amides is 4. The molecule has 31 heavy (non-hydrogen) atoms. The standard InChI is InChI=1S/C22H27N3O6/c1-12(2)24(7-8-26)13-9-15(10-13)31-14-3-4-16-17(11-14)22(30)25(21(16)29)18-5-6-19(27)23-20(18)28/h3-4,11-13,15,18,26H,5-10H2,1-2H3,(H,23,27,28)/t13-,15-,18?. The number of benzene rings is 1. The molecule has 0 radical (unpaired) electrons. The molecule has 2 heterocycles. The van der Waals surface area contributed by atoms with Gasteiger partial charge in [0.05, 0.1) is 17.7 Å². The number of carbonyl (C=O) groups excluding carboxylic acids is 4. The Morgan fingerprint density at radius 1 is 1.16 bits per heavy atom. The highest BCUT2D eigenvalue weighted by Gasteiger charge is 2.45. The highest BCUT2D eigenvalue weighted by Crippen LogP contribution is 2.34. The lowest BCUT2D eigenvalue weighted by atomic mass is 9.87. The molecule has 2 fully saturated rings. The molecule has 1 unspecified atom stereocenters. The van der Waals surface area contributed by atoms with Gasteiger partial charge in [-0.25, -0.2) is 0 Å². The molecule has 0 aromatic heterocycles. The molecule has 4 rings (SSSR count). The highest BCUT2D eigenvalue weighted by molar-refractivity contribution is 6.23. The summed E-state index contributed by atoms with van der Waals surface area (Å²) >= 11 is 0. The molecule has 2 N–H and O–H groups in total. The van der Waals surface area contributed by atoms with E-state index in [9.17, 15) is 24.3 Å². The van der Waals surface area contributed by atoms with Crippen molar-refractivity contribution in [1.82, 2.24) is 15.1 Å². The normalized spacial score (nSPS) is 25.7. The van der Waals surface area contributed by atoms with E-state index in [1.165, 1.54) is 0 Å². The fourth-order valence-corrected chi connectivity index (χ4v) is 4.60. The van der Waals surface area contributed by atoms with Crippen LogP contribution in [0.3, 0.4) is 0 Å². The molecule has 9 nitrogen and oxygen atoms in total. The fourth-order valence-electron chi connectivity index (χ4n) is 4.60. The van der Waals surface area contributed by atoms with E-state index >= 15 is 0 Å². The molecule has 1 aromatic rings. The van der Waals surface area contributed by atoms with Crippen molar-refractivity contribution in [3.8, 4) is 5.75 Å². The number of rotatable bonds is 7. The highest BCUT2D eigenvalue weighted by atomic mass is 16.5. The van der Waals surface area contributed by atoms with Crippen molar-refractivity contribution in [3.63, 3.8) is 0 Å². The Bertz CT molecular complexity index is 924. The van der Waals surface area contributed by atoms with E-state index in [4.69, 9.17) is 4.74 Å². The summed E-state index contributed by atoms with van der Waals surface area (Å²) in [6, 6.07) is 4.48. The maximum Gasteiger partial charge on any atom is 0.262 e. The first kappa shape index (κ1) is 21.5. The van der Waals surface area contributed by atoms with Crippen LogP contribution in [0.4, 0.5) is 0 Å². The van der Waals surface area contributed by atoms with Gasteiger partial charge in [-0.05, 0) is 38.5 Å². The minimum Gasteiger partial charge on any atom is -0.490 e. The van der Waals surface area contributed by atoms with E-state index in [0.29, 0.717) is 24.4 Å². The van der Waals surface area contributed by atoms with Crippen molar-refractivity contribution < 1.29 is 29.0 Å². The monoisotopic (exact) mass is 429 g/mol. The predicted molar refractivity (Wildman–Crippen MR) is 109 cm³/mol. The van der Waals surface area contributed by atoms with E-state index in [-0.39, 0.29) is 36.7 Å². The smallest absolute Gasteiger partial charge is 0.262 e. The number of carbonyl (C=O) groups is 4. The number of imide groups is 2. The number of fused-ring (bicyclic) bond motifs is 1. The van der Waals surface area contributed by atoms with Gasteiger partial charge < -0.3 is 9.84 Å². The summed E-state index contributed by atoms with van der Waals surface area (Å²) in [6.07, 6.45) is 1.87. The first-order valence-electron chi connectivity index (χ1n) is 10.7. The Morgan fingerprint density at radius 3 is 2.52 bits per heavy atom. The number of hydrogen-bond acceptors (Lipinski definition) is 7. The fraction of sp³-hybridized carbons (Fsp3) is 0.545. The van der Waals surface area contributed by atoms with Gasteiger partial charge in [0.1, 0.15) is 17.9 Å². The third-order valence-corrected chi connectivity index (χ3v) is 6.27. The number of ether oxygens (including phenoxy) is 1. The molecule has 1 atom stereocenters. The second-order valence-electron chi connectivity index (χ2n) is 8.57. The summed E-state index contributed by atoms with van der Waals surface area (Å²) in [4.78, 5) is 52.4. The summed E-state index contributed by atoms with van der Waals surface area (Å²) in [6.45, 7) is 4.94. The van der Waals surface area contributed by atoms with Crippen molar-refractivity contribution in [3.05, 3.63) is 29.3 Å². The average Bonchev–Trinajstić information content (AvgIpc) is 2.93. The minimum absolute atomic E-state index is 0.00133. The minimum atomic E-state index is -0.976. The second kappa shape index (κ2) is 8.39. The Kier molecular flexibility index (Phi) is 5.81. The topological polar surface area (TPSA) is 116 Å². The van der Waals surface area contributed by atoms with E-state index in [1.807, 2.05) is 0 Å². The van der Waals surface area contributed by atoms with E-state index < -0.39 is 29.7 Å². The van der Waals surface area contributed by atoms with Crippen molar-refractivity contribution in [2.75, 3.05) is 13.2 Å². The van der Waals surface area contributed by atoms with Crippen LogP contribution in [0.1, 0.15) is 60.2 Å². The van der Waals surface area contributed by atoms with Crippen LogP contribution in [-0.4, -0.2) is 75.9 Å². The molecule has 0 bridgehead atoms. The van der Waals surface area contributed by atoms with Crippen LogP contribution < -0.4 is 10.1 Å². The molecule has 1 saturated heterocycles. The quantitative estimate of drug-likeness (QED) is 0.613. The average molecular weight is 429 g/mol. The molecule has 4 amide bonds. The third-order valence-electron chi connectivity index (χ3n) is 6.27. The third kappa shape index (κ3) is 3.95. The maximum absolute atomic E-state index is 12.9. The maximum atomic E-state index is 12.9. The first-order valence-corrected chi connectivity index (χ1v) is 10.7. The Labute approximate surface area is 180 Å². The number of nitrogens with zero attached hydrogens (tertiary/aromatic N) is 2. The van der Waals surface area contributed by atoms with Gasteiger partial charge in [-0.3, -0.25) is 34.3 Å². The van der Waals surface area contributed by atoms with Gasteiger partial charge in [0.15, 0.2) is 0 Å². The Morgan fingerprint density at radius 2 is 1.87 bits per heavy atom. The number of piperidine rings is 1. The lowest BCUT2D eigenvalue weighted by Gasteiger charge is -2.44. The van der Waals surface area contributed by atoms with Crippen LogP contribution in [0.15, 0.2) is 18.2 Å². The predicted octanol–water partition coefficient (Wildman–Crippen LogP) is 0.700. The molecule has 0 spiro atoms. The SMILES string of the molecule is CC(C)N(CCO)[C@H]1C[C@H](Oc2ccc3c(c2)C(=O)N(C2CCC(=O)NC2=O)C3=O)C1. The van der Waals surface area contributed by atoms with Gasteiger partial charge in [-0.2, -0.15) is 0 Å². The van der Waals surface area contributed by atoms with Gasteiger partial charge >= 0.3 is 0 Å². The number of nitrogens with one attached hydrogen (secondary N) is 1. The van der Waals surface area contributed by atoms with Crippen LogP contribution in [0.25, 0.3) is 0 Å². The van der Waals surface area contributed by atoms with Crippen LogP contribution in [0.5, 0.6) is 5.75 Å². The molecule has 1 aromatic carbocycles. The number of aliphatic hydroxyl groups excluding tert-OH is 1. The van der Waals surface area contributed by atoms with Crippen LogP contribution in [0.2, 0.25) is 0 Å². The van der Waals surface area contributed by atoms with Gasteiger partial charge in [-0.1, -0.05) is 0 Å². The zero-order valence-electron chi connectivity index (χ0n) is 17.7. The largest absolute Gasteiger partial charge is 0.490 e. The van der Waals surface area contributed by atoms with Crippen molar-refractivity contribution in [2.24, 2.45) is 0 Å². The van der Waals surface area contributed by atoms with E-state index in [0.717, 1.165) is 17.7 Å².